The van der Waals surface area contributed by atoms with Gasteiger partial charge in [0.05, 0.1) is 11.1 Å². The zero-order chi connectivity index (χ0) is 13.9. The molecule has 2 aromatic rings. The number of carbonyl (C=O) groups is 1. The zero-order valence-corrected chi connectivity index (χ0v) is 12.0. The van der Waals surface area contributed by atoms with Crippen LogP contribution in [-0.2, 0) is 0 Å². The molecule has 3 nitrogen and oxygen atoms in total. The monoisotopic (exact) mass is 279 g/mol. The molecule has 1 N–H and O–H groups in total. The molecule has 0 unspecified atom stereocenters. The Kier molecular flexibility index (Phi) is 4.15. The summed E-state index contributed by atoms with van der Waals surface area (Å²) < 4.78 is 5.39. The highest BCUT2D eigenvalue weighted by molar-refractivity contribution is 6.19. The van der Waals surface area contributed by atoms with Crippen LogP contribution < -0.4 is 5.32 Å². The highest BCUT2D eigenvalue weighted by Crippen LogP contribution is 2.23. The SMILES string of the molecule is CCC(CC)(CCl)NC(=O)c1coc2ccccc12. The second-order valence-corrected chi connectivity index (χ2v) is 4.99. The van der Waals surface area contributed by atoms with Crippen LogP contribution in [0.1, 0.15) is 37.0 Å². The molecule has 0 aliphatic rings. The third kappa shape index (κ3) is 2.61. The van der Waals surface area contributed by atoms with Gasteiger partial charge in [-0.1, -0.05) is 32.0 Å². The predicted molar refractivity (Wildman–Crippen MR) is 77.7 cm³/mol. The first-order chi connectivity index (χ1) is 9.15. The summed E-state index contributed by atoms with van der Waals surface area (Å²) in [4.78, 5) is 12.4. The van der Waals surface area contributed by atoms with Gasteiger partial charge in [-0.2, -0.15) is 0 Å². The molecule has 1 aromatic carbocycles. The van der Waals surface area contributed by atoms with Crippen molar-refractivity contribution in [2.75, 3.05) is 5.88 Å². The van der Waals surface area contributed by atoms with E-state index in [2.05, 4.69) is 5.32 Å². The molecule has 0 bridgehead atoms. The van der Waals surface area contributed by atoms with Crippen LogP contribution in [0.4, 0.5) is 0 Å². The van der Waals surface area contributed by atoms with E-state index in [0.29, 0.717) is 11.4 Å². The van der Waals surface area contributed by atoms with Gasteiger partial charge in [0.2, 0.25) is 0 Å². The summed E-state index contributed by atoms with van der Waals surface area (Å²) in [6.45, 7) is 4.05. The van der Waals surface area contributed by atoms with Crippen molar-refractivity contribution in [1.29, 1.82) is 0 Å². The maximum absolute atomic E-state index is 12.4. The fraction of sp³-hybridized carbons (Fsp3) is 0.400. The summed E-state index contributed by atoms with van der Waals surface area (Å²) in [5, 5.41) is 3.87. The molecule has 0 aliphatic carbocycles. The van der Waals surface area contributed by atoms with Gasteiger partial charge >= 0.3 is 0 Å². The Hall–Kier alpha value is -1.48. The van der Waals surface area contributed by atoms with Gasteiger partial charge in [-0.05, 0) is 18.9 Å². The van der Waals surface area contributed by atoms with Crippen LogP contribution in [0.15, 0.2) is 34.9 Å². The van der Waals surface area contributed by atoms with E-state index in [4.69, 9.17) is 16.0 Å². The topological polar surface area (TPSA) is 42.2 Å². The Morgan fingerprint density at radius 1 is 1.32 bits per heavy atom. The zero-order valence-electron chi connectivity index (χ0n) is 11.2. The van der Waals surface area contributed by atoms with E-state index in [9.17, 15) is 4.79 Å². The van der Waals surface area contributed by atoms with E-state index in [1.165, 1.54) is 6.26 Å². The van der Waals surface area contributed by atoms with Gasteiger partial charge in [0.25, 0.3) is 5.91 Å². The van der Waals surface area contributed by atoms with Crippen molar-refractivity contribution in [2.45, 2.75) is 32.2 Å². The molecule has 0 spiro atoms. The smallest absolute Gasteiger partial charge is 0.255 e. The quantitative estimate of drug-likeness (QED) is 0.842. The molecule has 0 saturated heterocycles. The number of furan rings is 1. The fourth-order valence-electron chi connectivity index (χ4n) is 2.11. The fourth-order valence-corrected chi connectivity index (χ4v) is 2.56. The highest BCUT2D eigenvalue weighted by atomic mass is 35.5. The summed E-state index contributed by atoms with van der Waals surface area (Å²) in [6.07, 6.45) is 3.10. The number of benzene rings is 1. The van der Waals surface area contributed by atoms with Crippen molar-refractivity contribution >= 4 is 28.5 Å². The number of rotatable bonds is 5. The number of para-hydroxylation sites is 1. The Bertz CT molecular complexity index is 564. The van der Waals surface area contributed by atoms with Gasteiger partial charge in [-0.3, -0.25) is 4.79 Å². The van der Waals surface area contributed by atoms with Crippen LogP contribution in [0, 0.1) is 0 Å². The number of hydrogen-bond acceptors (Lipinski definition) is 2. The van der Waals surface area contributed by atoms with E-state index in [1.54, 1.807) is 0 Å². The molecule has 102 valence electrons. The van der Waals surface area contributed by atoms with Gasteiger partial charge in [-0.25, -0.2) is 0 Å². The third-order valence-corrected chi connectivity index (χ3v) is 4.23. The molecule has 0 atom stereocenters. The van der Waals surface area contributed by atoms with Crippen molar-refractivity contribution < 1.29 is 9.21 Å². The molecule has 2 rings (SSSR count). The molecule has 0 aliphatic heterocycles. The van der Waals surface area contributed by atoms with Gasteiger partial charge in [0, 0.05) is 11.3 Å². The number of halogens is 1. The Balaban J connectivity index is 2.29. The average molecular weight is 280 g/mol. The molecule has 0 saturated carbocycles. The second kappa shape index (κ2) is 5.66. The van der Waals surface area contributed by atoms with Gasteiger partial charge < -0.3 is 9.73 Å². The molecule has 19 heavy (non-hydrogen) atoms. The van der Waals surface area contributed by atoms with E-state index in [0.717, 1.165) is 23.8 Å². The first-order valence-electron chi connectivity index (χ1n) is 6.50. The van der Waals surface area contributed by atoms with Gasteiger partial charge in [-0.15, -0.1) is 11.6 Å². The molecule has 1 amide bonds. The van der Waals surface area contributed by atoms with Crippen molar-refractivity contribution in [3.05, 3.63) is 36.1 Å². The van der Waals surface area contributed by atoms with Crippen LogP contribution in [-0.4, -0.2) is 17.3 Å². The molecule has 0 fully saturated rings. The van der Waals surface area contributed by atoms with E-state index < -0.39 is 0 Å². The molecule has 1 heterocycles. The van der Waals surface area contributed by atoms with Crippen LogP contribution in [0.5, 0.6) is 0 Å². The molecule has 4 heteroatoms. The minimum absolute atomic E-state index is 0.130. The van der Waals surface area contributed by atoms with Gasteiger partial charge in [0.1, 0.15) is 11.8 Å². The molecular weight excluding hydrogens is 262 g/mol. The van der Waals surface area contributed by atoms with E-state index in [-0.39, 0.29) is 11.4 Å². The van der Waals surface area contributed by atoms with Crippen LogP contribution in [0.25, 0.3) is 11.0 Å². The van der Waals surface area contributed by atoms with E-state index >= 15 is 0 Å². The molecular formula is C15H18ClNO2. The number of alkyl halides is 1. The number of hydrogen-bond donors (Lipinski definition) is 1. The summed E-state index contributed by atoms with van der Waals surface area (Å²) >= 11 is 6.01. The minimum Gasteiger partial charge on any atom is -0.463 e. The lowest BCUT2D eigenvalue weighted by Gasteiger charge is -2.30. The normalized spacial score (nSPS) is 11.7. The second-order valence-electron chi connectivity index (χ2n) is 4.72. The standard InChI is InChI=1S/C15H18ClNO2/c1-3-15(4-2,10-16)17-14(18)12-9-19-13-8-6-5-7-11(12)13/h5-9H,3-4,10H2,1-2H3,(H,17,18). The summed E-state index contributed by atoms with van der Waals surface area (Å²) in [6, 6.07) is 7.51. The average Bonchev–Trinajstić information content (AvgIpc) is 2.89. The Labute approximate surface area is 117 Å². The summed E-state index contributed by atoms with van der Waals surface area (Å²) in [7, 11) is 0. The lowest BCUT2D eigenvalue weighted by molar-refractivity contribution is 0.0903. The molecule has 0 radical (unpaired) electrons. The van der Waals surface area contributed by atoms with Crippen molar-refractivity contribution in [3.8, 4) is 0 Å². The maximum Gasteiger partial charge on any atom is 0.255 e. The van der Waals surface area contributed by atoms with E-state index in [1.807, 2.05) is 38.1 Å². The Morgan fingerprint density at radius 2 is 2.00 bits per heavy atom. The number of carbonyl (C=O) groups excluding carboxylic acids is 1. The van der Waals surface area contributed by atoms with Crippen molar-refractivity contribution in [3.63, 3.8) is 0 Å². The summed E-state index contributed by atoms with van der Waals surface area (Å²) in [5.41, 5.74) is 0.931. The lowest BCUT2D eigenvalue weighted by Crippen LogP contribution is -2.49. The predicted octanol–water partition coefficient (Wildman–Crippen LogP) is 3.96. The van der Waals surface area contributed by atoms with Crippen LogP contribution in [0.2, 0.25) is 0 Å². The van der Waals surface area contributed by atoms with Crippen LogP contribution in [0.3, 0.4) is 0 Å². The van der Waals surface area contributed by atoms with Crippen molar-refractivity contribution in [1.82, 2.24) is 5.32 Å². The number of amides is 1. The van der Waals surface area contributed by atoms with Gasteiger partial charge in [0.15, 0.2) is 0 Å². The first-order valence-corrected chi connectivity index (χ1v) is 7.04. The lowest BCUT2D eigenvalue weighted by atomic mass is 9.94. The Morgan fingerprint density at radius 3 is 2.63 bits per heavy atom. The molecule has 1 aromatic heterocycles. The number of fused-ring (bicyclic) bond motifs is 1. The third-order valence-electron chi connectivity index (χ3n) is 3.71. The highest BCUT2D eigenvalue weighted by Gasteiger charge is 2.28. The maximum atomic E-state index is 12.4. The minimum atomic E-state index is -0.350. The first kappa shape index (κ1) is 13.9. The number of nitrogens with one attached hydrogen (secondary N) is 1. The van der Waals surface area contributed by atoms with Crippen LogP contribution >= 0.6 is 11.6 Å². The summed E-state index contributed by atoms with van der Waals surface area (Å²) in [5.74, 6) is 0.274. The largest absolute Gasteiger partial charge is 0.463 e. The van der Waals surface area contributed by atoms with Crippen molar-refractivity contribution in [2.24, 2.45) is 0 Å².